The van der Waals surface area contributed by atoms with Gasteiger partial charge in [-0.1, -0.05) is 30.3 Å². The topological polar surface area (TPSA) is 71.5 Å². The second-order valence-corrected chi connectivity index (χ2v) is 8.37. The number of carbonyl (C=O) groups is 1. The fourth-order valence-electron chi connectivity index (χ4n) is 4.91. The number of nitrogens with zero attached hydrogens (tertiary/aromatic N) is 2. The highest BCUT2D eigenvalue weighted by Crippen LogP contribution is 2.47. The van der Waals surface area contributed by atoms with Gasteiger partial charge in [0.15, 0.2) is 11.5 Å². The van der Waals surface area contributed by atoms with Crippen LogP contribution in [0, 0.1) is 0 Å². The average Bonchev–Trinajstić information content (AvgIpc) is 2.87. The van der Waals surface area contributed by atoms with Crippen LogP contribution in [0.1, 0.15) is 29.2 Å². The second-order valence-electron chi connectivity index (χ2n) is 8.37. The van der Waals surface area contributed by atoms with Crippen molar-refractivity contribution in [2.24, 2.45) is 0 Å². The summed E-state index contributed by atoms with van der Waals surface area (Å²) < 4.78 is 16.6. The molecule has 2 atom stereocenters. The highest BCUT2D eigenvalue weighted by molar-refractivity contribution is 5.91. The fourth-order valence-corrected chi connectivity index (χ4v) is 4.91. The van der Waals surface area contributed by atoms with Crippen LogP contribution in [0.4, 0.5) is 0 Å². The maximum absolute atomic E-state index is 12.6. The van der Waals surface area contributed by atoms with Crippen LogP contribution in [0.15, 0.2) is 42.5 Å². The first kappa shape index (κ1) is 23.1. The van der Waals surface area contributed by atoms with Crippen molar-refractivity contribution in [3.05, 3.63) is 59.2 Å². The van der Waals surface area contributed by atoms with Gasteiger partial charge in [-0.15, -0.1) is 0 Å². The van der Waals surface area contributed by atoms with Crippen molar-refractivity contribution in [1.82, 2.24) is 9.80 Å². The molecule has 1 aliphatic heterocycles. The molecule has 33 heavy (non-hydrogen) atoms. The summed E-state index contributed by atoms with van der Waals surface area (Å²) in [4.78, 5) is 16.8. The highest BCUT2D eigenvalue weighted by Gasteiger charge is 2.37. The highest BCUT2D eigenvalue weighted by atomic mass is 16.5. The van der Waals surface area contributed by atoms with E-state index in [-0.39, 0.29) is 11.9 Å². The summed E-state index contributed by atoms with van der Waals surface area (Å²) in [6, 6.07) is 11.7. The molecule has 7 nitrogen and oxygen atoms in total. The quantitative estimate of drug-likeness (QED) is 0.680. The van der Waals surface area contributed by atoms with Gasteiger partial charge in [-0.2, -0.15) is 0 Å². The molecule has 1 saturated heterocycles. The largest absolute Gasteiger partial charge is 0.493 e. The number of carbonyl (C=O) groups excluding carboxylic acids is 1. The Balaban J connectivity index is 1.43. The molecule has 1 heterocycles. The average molecular weight is 453 g/mol. The van der Waals surface area contributed by atoms with E-state index in [0.717, 1.165) is 42.6 Å². The zero-order valence-electron chi connectivity index (χ0n) is 19.5. The summed E-state index contributed by atoms with van der Waals surface area (Å²) in [7, 11) is 4.78. The van der Waals surface area contributed by atoms with E-state index in [1.165, 1.54) is 0 Å². The summed E-state index contributed by atoms with van der Waals surface area (Å²) in [6.07, 6.45) is 4.41. The predicted octanol–water partition coefficient (Wildman–Crippen LogP) is 2.92. The molecule has 2 aliphatic rings. The summed E-state index contributed by atoms with van der Waals surface area (Å²) in [5.41, 5.74) is 2.81. The molecule has 2 aromatic carbocycles. The minimum Gasteiger partial charge on any atom is -0.493 e. The van der Waals surface area contributed by atoms with Crippen molar-refractivity contribution in [2.75, 3.05) is 47.5 Å². The lowest BCUT2D eigenvalue weighted by Gasteiger charge is -2.43. The zero-order valence-corrected chi connectivity index (χ0v) is 19.5. The van der Waals surface area contributed by atoms with E-state index in [2.05, 4.69) is 4.90 Å². The lowest BCUT2D eigenvalue weighted by molar-refractivity contribution is -0.128. The summed E-state index contributed by atoms with van der Waals surface area (Å²) >= 11 is 0. The Morgan fingerprint density at radius 3 is 2.33 bits per heavy atom. The zero-order chi connectivity index (χ0) is 23.4. The molecule has 2 unspecified atom stereocenters. The monoisotopic (exact) mass is 452 g/mol. The molecule has 2 aromatic rings. The van der Waals surface area contributed by atoms with Crippen LogP contribution >= 0.6 is 0 Å². The van der Waals surface area contributed by atoms with Crippen LogP contribution in [-0.4, -0.2) is 74.4 Å². The number of rotatable bonds is 6. The molecule has 0 spiro atoms. The molecule has 0 bridgehead atoms. The summed E-state index contributed by atoms with van der Waals surface area (Å²) in [6.45, 7) is 2.74. The fraction of sp³-hybridized carbons (Fsp3) is 0.423. The van der Waals surface area contributed by atoms with Crippen molar-refractivity contribution < 1.29 is 24.1 Å². The van der Waals surface area contributed by atoms with E-state index in [9.17, 15) is 9.90 Å². The Morgan fingerprint density at radius 1 is 1.00 bits per heavy atom. The smallest absolute Gasteiger partial charge is 0.246 e. The molecule has 0 saturated carbocycles. The van der Waals surface area contributed by atoms with E-state index in [1.54, 1.807) is 27.4 Å². The Hall–Kier alpha value is -3.03. The predicted molar refractivity (Wildman–Crippen MR) is 127 cm³/mol. The Morgan fingerprint density at radius 2 is 1.70 bits per heavy atom. The maximum Gasteiger partial charge on any atom is 0.246 e. The molecular weight excluding hydrogens is 420 g/mol. The molecule has 1 N–H and O–H groups in total. The van der Waals surface area contributed by atoms with Gasteiger partial charge in [0.1, 0.15) is 0 Å². The van der Waals surface area contributed by atoms with Crippen LogP contribution in [0.3, 0.4) is 0 Å². The van der Waals surface area contributed by atoms with Gasteiger partial charge in [0.05, 0.1) is 27.4 Å². The van der Waals surface area contributed by atoms with Gasteiger partial charge >= 0.3 is 0 Å². The Kier molecular flexibility index (Phi) is 7.20. The van der Waals surface area contributed by atoms with Gasteiger partial charge in [0.2, 0.25) is 11.7 Å². The van der Waals surface area contributed by atoms with E-state index in [4.69, 9.17) is 14.2 Å². The standard InChI is InChI=1S/C26H32N2O5/c1-31-22-17-20-19(25(32-2)26(22)33-3)10-11-21(24(20)30)27-13-15-28(16-14-27)23(29)12-9-18-7-5-4-6-8-18/h4-9,12,17,21,24,30H,10-11,13-16H2,1-3H3. The van der Waals surface area contributed by atoms with Crippen LogP contribution in [0.25, 0.3) is 6.08 Å². The summed E-state index contributed by atoms with van der Waals surface area (Å²) in [5, 5.41) is 11.3. The van der Waals surface area contributed by atoms with Gasteiger partial charge in [-0.05, 0) is 36.1 Å². The van der Waals surface area contributed by atoms with Gasteiger partial charge in [-0.25, -0.2) is 0 Å². The maximum atomic E-state index is 12.6. The van der Waals surface area contributed by atoms with E-state index in [0.29, 0.717) is 30.3 Å². The third-order valence-corrected chi connectivity index (χ3v) is 6.65. The minimum atomic E-state index is -0.664. The van der Waals surface area contributed by atoms with Crippen molar-refractivity contribution >= 4 is 12.0 Å². The number of fused-ring (bicyclic) bond motifs is 1. The van der Waals surface area contributed by atoms with Crippen molar-refractivity contribution in [2.45, 2.75) is 25.0 Å². The SMILES string of the molecule is COc1cc2c(c(OC)c1OC)CCC(N1CCN(C(=O)C=Cc3ccccc3)CC1)C2O. The van der Waals surface area contributed by atoms with E-state index in [1.807, 2.05) is 47.4 Å². The Bertz CT molecular complexity index is 999. The van der Waals surface area contributed by atoms with Crippen LogP contribution in [0.5, 0.6) is 17.2 Å². The molecule has 1 fully saturated rings. The van der Waals surface area contributed by atoms with Crippen LogP contribution < -0.4 is 14.2 Å². The van der Waals surface area contributed by atoms with Gasteiger partial charge in [-0.3, -0.25) is 9.69 Å². The molecule has 0 radical (unpaired) electrons. The number of piperazine rings is 1. The number of aliphatic hydroxyl groups is 1. The first-order chi connectivity index (χ1) is 16.1. The first-order valence-corrected chi connectivity index (χ1v) is 11.3. The third-order valence-electron chi connectivity index (χ3n) is 6.65. The van der Waals surface area contributed by atoms with Crippen molar-refractivity contribution in [3.8, 4) is 17.2 Å². The number of ether oxygens (including phenoxy) is 3. The number of methoxy groups -OCH3 is 3. The number of hydrogen-bond acceptors (Lipinski definition) is 6. The molecule has 0 aromatic heterocycles. The first-order valence-electron chi connectivity index (χ1n) is 11.3. The Labute approximate surface area is 195 Å². The lowest BCUT2D eigenvalue weighted by Crippen LogP contribution is -2.53. The van der Waals surface area contributed by atoms with Crippen LogP contribution in [-0.2, 0) is 11.2 Å². The van der Waals surface area contributed by atoms with Gasteiger partial charge in [0, 0.05) is 43.9 Å². The van der Waals surface area contributed by atoms with E-state index >= 15 is 0 Å². The van der Waals surface area contributed by atoms with Gasteiger partial charge < -0.3 is 24.2 Å². The van der Waals surface area contributed by atoms with Crippen molar-refractivity contribution in [3.63, 3.8) is 0 Å². The number of hydrogen-bond donors (Lipinski definition) is 1. The number of aliphatic hydroxyl groups excluding tert-OH is 1. The minimum absolute atomic E-state index is 0.0163. The summed E-state index contributed by atoms with van der Waals surface area (Å²) in [5.74, 6) is 1.76. The normalized spacial score (nSPS) is 21.0. The molecular formula is C26H32N2O5. The molecule has 1 amide bonds. The third kappa shape index (κ3) is 4.70. The molecule has 7 heteroatoms. The van der Waals surface area contributed by atoms with Gasteiger partial charge in [0.25, 0.3) is 0 Å². The number of amides is 1. The van der Waals surface area contributed by atoms with E-state index < -0.39 is 6.10 Å². The second kappa shape index (κ2) is 10.3. The molecule has 1 aliphatic carbocycles. The molecule has 4 rings (SSSR count). The van der Waals surface area contributed by atoms with Crippen molar-refractivity contribution in [1.29, 1.82) is 0 Å². The molecule has 176 valence electrons. The lowest BCUT2D eigenvalue weighted by atomic mass is 9.83. The number of benzene rings is 2. The van der Waals surface area contributed by atoms with Crippen LogP contribution in [0.2, 0.25) is 0 Å².